The molecule has 0 unspecified atom stereocenters. The zero-order valence-electron chi connectivity index (χ0n) is 22.7. The Bertz CT molecular complexity index is 1320. The number of hydrogen-bond donors (Lipinski definition) is 1. The fourth-order valence-corrected chi connectivity index (χ4v) is 5.57. The molecule has 0 aromatic heterocycles. The van der Waals surface area contributed by atoms with E-state index in [2.05, 4.69) is 5.32 Å². The molecule has 3 aromatic carbocycles. The van der Waals surface area contributed by atoms with Crippen molar-refractivity contribution in [2.24, 2.45) is 0 Å². The molecular formula is C30H37N3O4S. The van der Waals surface area contributed by atoms with Gasteiger partial charge >= 0.3 is 0 Å². The number of rotatable bonds is 11. The number of carbonyl (C=O) groups is 2. The minimum absolute atomic E-state index is 0.0921. The van der Waals surface area contributed by atoms with E-state index in [0.29, 0.717) is 12.1 Å². The molecule has 7 nitrogen and oxygen atoms in total. The van der Waals surface area contributed by atoms with E-state index in [1.807, 2.05) is 58.9 Å². The Balaban J connectivity index is 2.03. The highest BCUT2D eigenvalue weighted by molar-refractivity contribution is 7.92. The Morgan fingerprint density at radius 1 is 0.842 bits per heavy atom. The number of para-hydroxylation sites is 1. The third-order valence-corrected chi connectivity index (χ3v) is 8.01. The van der Waals surface area contributed by atoms with Crippen LogP contribution in [0.1, 0.15) is 43.9 Å². The minimum Gasteiger partial charge on any atom is -0.352 e. The van der Waals surface area contributed by atoms with Crippen LogP contribution < -0.4 is 9.62 Å². The summed E-state index contributed by atoms with van der Waals surface area (Å²) in [6.45, 7) is 9.16. The zero-order valence-corrected chi connectivity index (χ0v) is 23.5. The SMILES string of the molecule is CC[C@@H](C(=O)NC(C)C)N(Cc1ccc(C)cc1)C(=O)CN(c1ccccc1)S(=O)(=O)c1ccc(C)cc1. The van der Waals surface area contributed by atoms with Crippen molar-refractivity contribution in [3.63, 3.8) is 0 Å². The van der Waals surface area contributed by atoms with Crippen molar-refractivity contribution in [3.8, 4) is 0 Å². The van der Waals surface area contributed by atoms with E-state index >= 15 is 0 Å². The Morgan fingerprint density at radius 2 is 1.39 bits per heavy atom. The number of nitrogens with zero attached hydrogens (tertiary/aromatic N) is 2. The van der Waals surface area contributed by atoms with Gasteiger partial charge in [-0.2, -0.15) is 0 Å². The third kappa shape index (κ3) is 7.22. The molecule has 0 radical (unpaired) electrons. The Kier molecular flexibility index (Phi) is 9.69. The summed E-state index contributed by atoms with van der Waals surface area (Å²) in [4.78, 5) is 28.7. The summed E-state index contributed by atoms with van der Waals surface area (Å²) >= 11 is 0. The summed E-state index contributed by atoms with van der Waals surface area (Å²) < 4.78 is 28.7. The molecule has 2 amide bonds. The van der Waals surface area contributed by atoms with E-state index in [0.717, 1.165) is 21.0 Å². The predicted molar refractivity (Wildman–Crippen MR) is 151 cm³/mol. The summed E-state index contributed by atoms with van der Waals surface area (Å²) in [5.74, 6) is -0.730. The van der Waals surface area contributed by atoms with Gasteiger partial charge in [-0.1, -0.05) is 72.6 Å². The molecule has 0 heterocycles. The van der Waals surface area contributed by atoms with E-state index in [-0.39, 0.29) is 23.4 Å². The van der Waals surface area contributed by atoms with Gasteiger partial charge in [0.2, 0.25) is 11.8 Å². The number of nitrogens with one attached hydrogen (secondary N) is 1. The number of anilines is 1. The lowest BCUT2D eigenvalue weighted by Gasteiger charge is -2.33. The van der Waals surface area contributed by atoms with Crippen molar-refractivity contribution in [2.75, 3.05) is 10.8 Å². The Hall–Kier alpha value is -3.65. The monoisotopic (exact) mass is 535 g/mol. The van der Waals surface area contributed by atoms with Crippen LogP contribution in [0.15, 0.2) is 83.8 Å². The van der Waals surface area contributed by atoms with Crippen LogP contribution >= 0.6 is 0 Å². The van der Waals surface area contributed by atoms with E-state index in [1.165, 1.54) is 4.90 Å². The third-order valence-electron chi connectivity index (χ3n) is 6.22. The number of amides is 2. The second-order valence-corrected chi connectivity index (χ2v) is 11.6. The molecule has 1 atom stereocenters. The molecule has 202 valence electrons. The number of carbonyl (C=O) groups excluding carboxylic acids is 2. The molecule has 0 aliphatic heterocycles. The average Bonchev–Trinajstić information content (AvgIpc) is 2.88. The van der Waals surface area contributed by atoms with Gasteiger partial charge in [-0.25, -0.2) is 8.42 Å². The molecule has 0 fully saturated rings. The molecule has 0 bridgehead atoms. The largest absolute Gasteiger partial charge is 0.352 e. The van der Waals surface area contributed by atoms with E-state index in [1.54, 1.807) is 54.6 Å². The first-order valence-corrected chi connectivity index (χ1v) is 14.3. The summed E-state index contributed by atoms with van der Waals surface area (Å²) in [6.07, 6.45) is 0.381. The van der Waals surface area contributed by atoms with Gasteiger partial charge in [-0.15, -0.1) is 0 Å². The lowest BCUT2D eigenvalue weighted by atomic mass is 10.1. The zero-order chi connectivity index (χ0) is 27.9. The van der Waals surface area contributed by atoms with Crippen molar-refractivity contribution in [2.45, 2.75) is 64.6 Å². The van der Waals surface area contributed by atoms with Gasteiger partial charge in [0.1, 0.15) is 12.6 Å². The Labute approximate surface area is 226 Å². The van der Waals surface area contributed by atoms with Crippen molar-refractivity contribution >= 4 is 27.5 Å². The highest BCUT2D eigenvalue weighted by Crippen LogP contribution is 2.25. The molecule has 3 aromatic rings. The summed E-state index contributed by atoms with van der Waals surface area (Å²) in [5.41, 5.74) is 3.23. The van der Waals surface area contributed by atoms with Gasteiger partial charge in [0.05, 0.1) is 10.6 Å². The second kappa shape index (κ2) is 12.7. The number of aryl methyl sites for hydroxylation is 2. The molecule has 3 rings (SSSR count). The Morgan fingerprint density at radius 3 is 1.92 bits per heavy atom. The van der Waals surface area contributed by atoms with Crippen LogP contribution in [0, 0.1) is 13.8 Å². The topological polar surface area (TPSA) is 86.8 Å². The first kappa shape index (κ1) is 28.9. The number of hydrogen-bond acceptors (Lipinski definition) is 4. The summed E-state index contributed by atoms with van der Waals surface area (Å²) in [5, 5.41) is 2.91. The van der Waals surface area contributed by atoms with Gasteiger partial charge in [-0.05, 0) is 63.9 Å². The smallest absolute Gasteiger partial charge is 0.264 e. The van der Waals surface area contributed by atoms with Gasteiger partial charge in [0, 0.05) is 12.6 Å². The molecule has 1 N–H and O–H groups in total. The quantitative estimate of drug-likeness (QED) is 0.381. The highest BCUT2D eigenvalue weighted by atomic mass is 32.2. The van der Waals surface area contributed by atoms with Gasteiger partial charge in [-0.3, -0.25) is 13.9 Å². The van der Waals surface area contributed by atoms with Crippen LogP contribution in [-0.4, -0.2) is 43.8 Å². The average molecular weight is 536 g/mol. The first-order valence-electron chi connectivity index (χ1n) is 12.8. The lowest BCUT2D eigenvalue weighted by molar-refractivity contribution is -0.140. The molecule has 0 aliphatic carbocycles. The maximum atomic E-state index is 14.0. The van der Waals surface area contributed by atoms with E-state index in [9.17, 15) is 18.0 Å². The summed E-state index contributed by atoms with van der Waals surface area (Å²) in [7, 11) is -4.06. The molecule has 38 heavy (non-hydrogen) atoms. The van der Waals surface area contributed by atoms with Gasteiger partial charge in [0.15, 0.2) is 0 Å². The fourth-order valence-electron chi connectivity index (χ4n) is 4.15. The second-order valence-electron chi connectivity index (χ2n) is 9.75. The van der Waals surface area contributed by atoms with E-state index in [4.69, 9.17) is 0 Å². The summed E-state index contributed by atoms with van der Waals surface area (Å²) in [6, 6.07) is 22.0. The van der Waals surface area contributed by atoms with Crippen molar-refractivity contribution in [3.05, 3.63) is 95.6 Å². The van der Waals surface area contributed by atoms with Crippen molar-refractivity contribution in [1.82, 2.24) is 10.2 Å². The van der Waals surface area contributed by atoms with Crippen LogP contribution in [0.2, 0.25) is 0 Å². The number of benzene rings is 3. The van der Waals surface area contributed by atoms with Gasteiger partial charge < -0.3 is 10.2 Å². The van der Waals surface area contributed by atoms with Gasteiger partial charge in [0.25, 0.3) is 10.0 Å². The van der Waals surface area contributed by atoms with Crippen LogP contribution in [0.3, 0.4) is 0 Å². The molecular weight excluding hydrogens is 498 g/mol. The van der Waals surface area contributed by atoms with Crippen LogP contribution in [0.4, 0.5) is 5.69 Å². The van der Waals surface area contributed by atoms with Crippen molar-refractivity contribution < 1.29 is 18.0 Å². The molecule has 0 spiro atoms. The van der Waals surface area contributed by atoms with Crippen molar-refractivity contribution in [1.29, 1.82) is 0 Å². The van der Waals surface area contributed by atoms with Crippen LogP contribution in [0.25, 0.3) is 0 Å². The van der Waals surface area contributed by atoms with Crippen LogP contribution in [-0.2, 0) is 26.2 Å². The molecule has 8 heteroatoms. The molecule has 0 aliphatic rings. The predicted octanol–water partition coefficient (Wildman–Crippen LogP) is 4.83. The molecule has 0 saturated heterocycles. The fraction of sp³-hybridized carbons (Fsp3) is 0.333. The maximum absolute atomic E-state index is 14.0. The lowest BCUT2D eigenvalue weighted by Crippen LogP contribution is -2.53. The van der Waals surface area contributed by atoms with Crippen LogP contribution in [0.5, 0.6) is 0 Å². The standard InChI is InChI=1S/C30H37N3O4S/c1-6-28(30(35)31-22(2)3)32(20-25-16-12-23(4)13-17-25)29(34)21-33(26-10-8-7-9-11-26)38(36,37)27-18-14-24(5)15-19-27/h7-19,22,28H,6,20-21H2,1-5H3,(H,31,35)/t28-/m0/s1. The minimum atomic E-state index is -4.06. The maximum Gasteiger partial charge on any atom is 0.264 e. The first-order chi connectivity index (χ1) is 18.0. The van der Waals surface area contributed by atoms with E-state index < -0.39 is 28.5 Å². The molecule has 0 saturated carbocycles. The normalized spacial score (nSPS) is 12.2. The highest BCUT2D eigenvalue weighted by Gasteiger charge is 2.33. The number of sulfonamides is 1.